The summed E-state index contributed by atoms with van der Waals surface area (Å²) in [7, 11) is 0. The minimum absolute atomic E-state index is 1.04. The fourth-order valence-corrected chi connectivity index (χ4v) is 2.78. The van der Waals surface area contributed by atoms with Crippen LogP contribution in [0.2, 0.25) is 0 Å². The molecule has 0 aromatic carbocycles. The largest absolute Gasteiger partial charge is 0.0823 e. The van der Waals surface area contributed by atoms with E-state index in [9.17, 15) is 0 Å². The first-order valence-electron chi connectivity index (χ1n) is 9.61. The number of hydrogen-bond acceptors (Lipinski definition) is 1. The second-order valence-corrected chi connectivity index (χ2v) is 6.33. The van der Waals surface area contributed by atoms with Crippen molar-refractivity contribution in [3.8, 4) is 0 Å². The first-order chi connectivity index (χ1) is 10.9. The Balaban J connectivity index is 3.01. The molecule has 22 heavy (non-hydrogen) atoms. The normalized spacial score (nSPS) is 11.0. The molecular weight excluding hydrogens is 270 g/mol. The van der Waals surface area contributed by atoms with Crippen molar-refractivity contribution in [3.05, 3.63) is 22.7 Å². The Morgan fingerprint density at radius 1 is 0.682 bits per heavy atom. The van der Waals surface area contributed by atoms with Gasteiger partial charge in [0.1, 0.15) is 0 Å². The van der Waals surface area contributed by atoms with Gasteiger partial charge in [-0.2, -0.15) is 0 Å². The predicted molar refractivity (Wildman–Crippen MR) is 97.8 cm³/mol. The van der Waals surface area contributed by atoms with Gasteiger partial charge in [0.05, 0.1) is 0 Å². The Hall–Kier alpha value is -0.950. The number of unbranched alkanes of at least 4 members (excludes halogenated alkanes) is 15. The van der Waals surface area contributed by atoms with Gasteiger partial charge >= 0.3 is 0 Å². The van der Waals surface area contributed by atoms with Gasteiger partial charge in [0, 0.05) is 4.91 Å². The van der Waals surface area contributed by atoms with Gasteiger partial charge < -0.3 is 0 Å². The van der Waals surface area contributed by atoms with Crippen LogP contribution >= 0.6 is 0 Å². The smallest absolute Gasteiger partial charge is 0.00474 e. The molecule has 0 bridgehead atoms. The summed E-state index contributed by atoms with van der Waals surface area (Å²) in [6, 6.07) is 0. The molecule has 0 fully saturated rings. The van der Waals surface area contributed by atoms with Gasteiger partial charge in [-0.05, 0) is 24.6 Å². The Morgan fingerprint density at radius 3 is 1.50 bits per heavy atom. The van der Waals surface area contributed by atoms with Crippen LogP contribution < -0.4 is 0 Å². The van der Waals surface area contributed by atoms with Crippen LogP contribution in [-0.2, 0) is 0 Å². The average molecular weight is 308 g/mol. The van der Waals surface area contributed by atoms with Gasteiger partial charge in [-0.3, -0.25) is 0 Å². The lowest BCUT2D eigenvalue weighted by molar-refractivity contribution is 0.533. The van der Waals surface area contributed by atoms with E-state index in [1.165, 1.54) is 96.3 Å². The first kappa shape index (κ1) is 21.0. The van der Waals surface area contributed by atoms with Crippen LogP contribution in [0.15, 0.2) is 17.4 Å². The highest BCUT2D eigenvalue weighted by molar-refractivity contribution is 4.79. The molecule has 0 saturated heterocycles. The lowest BCUT2D eigenvalue weighted by Crippen LogP contribution is -1.83. The third-order valence-electron chi connectivity index (χ3n) is 4.20. The summed E-state index contributed by atoms with van der Waals surface area (Å²) in [6.07, 6.45) is 25.5. The number of azide groups is 1. The Kier molecular flexibility index (Phi) is 19.2. The Labute approximate surface area is 138 Å². The highest BCUT2D eigenvalue weighted by Gasteiger charge is 1.93. The highest BCUT2D eigenvalue weighted by Crippen LogP contribution is 2.13. The van der Waals surface area contributed by atoms with E-state index >= 15 is 0 Å². The number of hydrogen-bond donors (Lipinski definition) is 0. The van der Waals surface area contributed by atoms with E-state index in [0.717, 1.165) is 6.42 Å². The Bertz CT molecular complexity index is 280. The number of allylic oxidation sites excluding steroid dienone is 1. The van der Waals surface area contributed by atoms with Crippen molar-refractivity contribution in [1.29, 1.82) is 0 Å². The second-order valence-electron chi connectivity index (χ2n) is 6.33. The van der Waals surface area contributed by atoms with Crippen molar-refractivity contribution in [2.24, 2.45) is 5.11 Å². The van der Waals surface area contributed by atoms with Crippen molar-refractivity contribution >= 4 is 0 Å². The van der Waals surface area contributed by atoms with E-state index in [4.69, 9.17) is 5.53 Å². The van der Waals surface area contributed by atoms with Crippen LogP contribution in [0.3, 0.4) is 0 Å². The standard InChI is InChI=1S/C19H37N3/c1-2-3-4-5-6-7-8-9-10-11-12-13-14-15-16-17-18-19-21-22-20/h18-19H,2-17H2,1H3. The summed E-state index contributed by atoms with van der Waals surface area (Å²) in [5.74, 6) is 0. The molecule has 0 amide bonds. The van der Waals surface area contributed by atoms with Gasteiger partial charge in [0.15, 0.2) is 0 Å². The molecule has 0 heterocycles. The third-order valence-corrected chi connectivity index (χ3v) is 4.20. The van der Waals surface area contributed by atoms with Crippen LogP contribution in [0.5, 0.6) is 0 Å². The summed E-state index contributed by atoms with van der Waals surface area (Å²) in [4.78, 5) is 2.68. The summed E-state index contributed by atoms with van der Waals surface area (Å²) < 4.78 is 0. The van der Waals surface area contributed by atoms with Gasteiger partial charge in [0.25, 0.3) is 0 Å². The number of nitrogens with zero attached hydrogens (tertiary/aromatic N) is 3. The quantitative estimate of drug-likeness (QED) is 0.113. The molecular formula is C19H37N3. The van der Waals surface area contributed by atoms with Crippen molar-refractivity contribution in [1.82, 2.24) is 0 Å². The molecule has 0 aliphatic carbocycles. The monoisotopic (exact) mass is 307 g/mol. The van der Waals surface area contributed by atoms with E-state index < -0.39 is 0 Å². The topological polar surface area (TPSA) is 48.8 Å². The summed E-state index contributed by atoms with van der Waals surface area (Å²) in [6.45, 7) is 2.28. The van der Waals surface area contributed by atoms with Gasteiger partial charge in [-0.15, -0.1) is 0 Å². The molecule has 128 valence electrons. The zero-order valence-electron chi connectivity index (χ0n) is 14.8. The fourth-order valence-electron chi connectivity index (χ4n) is 2.78. The lowest BCUT2D eigenvalue weighted by atomic mass is 10.0. The van der Waals surface area contributed by atoms with Gasteiger partial charge in [-0.25, -0.2) is 0 Å². The van der Waals surface area contributed by atoms with E-state index in [1.54, 1.807) is 6.20 Å². The molecule has 0 saturated carbocycles. The fraction of sp³-hybridized carbons (Fsp3) is 0.895. The minimum atomic E-state index is 1.04. The molecule has 0 spiro atoms. The zero-order chi connectivity index (χ0) is 16.1. The third kappa shape index (κ3) is 19.1. The first-order valence-corrected chi connectivity index (χ1v) is 9.61. The summed E-state index contributed by atoms with van der Waals surface area (Å²) in [5.41, 5.74) is 8.11. The average Bonchev–Trinajstić information content (AvgIpc) is 2.54. The van der Waals surface area contributed by atoms with Gasteiger partial charge in [0.2, 0.25) is 0 Å². The van der Waals surface area contributed by atoms with Crippen LogP contribution in [0.4, 0.5) is 0 Å². The molecule has 0 N–H and O–H groups in total. The van der Waals surface area contributed by atoms with Crippen molar-refractivity contribution in [2.45, 2.75) is 110 Å². The van der Waals surface area contributed by atoms with E-state index in [1.807, 2.05) is 6.08 Å². The molecule has 3 nitrogen and oxygen atoms in total. The van der Waals surface area contributed by atoms with Gasteiger partial charge in [-0.1, -0.05) is 108 Å². The molecule has 0 aliphatic heterocycles. The molecule has 0 aromatic heterocycles. The molecule has 0 aliphatic rings. The zero-order valence-corrected chi connectivity index (χ0v) is 14.8. The van der Waals surface area contributed by atoms with Crippen LogP contribution in [0.25, 0.3) is 10.4 Å². The van der Waals surface area contributed by atoms with Crippen LogP contribution in [0.1, 0.15) is 110 Å². The summed E-state index contributed by atoms with van der Waals surface area (Å²) >= 11 is 0. The maximum Gasteiger partial charge on any atom is 0.00474 e. The minimum Gasteiger partial charge on any atom is -0.0823 e. The maximum atomic E-state index is 8.11. The molecule has 0 aromatic rings. The molecule has 3 heteroatoms. The highest BCUT2D eigenvalue weighted by atomic mass is 15.1. The summed E-state index contributed by atoms with van der Waals surface area (Å²) in [5, 5.41) is 3.38. The molecule has 0 unspecified atom stereocenters. The SMILES string of the molecule is CCCCCCCCCCCCCCCCCC=CN=[N+]=[N-]. The van der Waals surface area contributed by atoms with E-state index in [2.05, 4.69) is 16.9 Å². The number of rotatable bonds is 17. The predicted octanol–water partition coefficient (Wildman–Crippen LogP) is 8.07. The van der Waals surface area contributed by atoms with Crippen LogP contribution in [-0.4, -0.2) is 0 Å². The van der Waals surface area contributed by atoms with Crippen molar-refractivity contribution < 1.29 is 0 Å². The molecule has 0 atom stereocenters. The molecule has 0 radical (unpaired) electrons. The second kappa shape index (κ2) is 20.1. The Morgan fingerprint density at radius 2 is 1.09 bits per heavy atom. The van der Waals surface area contributed by atoms with E-state index in [0.29, 0.717) is 0 Å². The van der Waals surface area contributed by atoms with E-state index in [-0.39, 0.29) is 0 Å². The van der Waals surface area contributed by atoms with Crippen LogP contribution in [0, 0.1) is 0 Å². The van der Waals surface area contributed by atoms with Crippen molar-refractivity contribution in [3.63, 3.8) is 0 Å². The van der Waals surface area contributed by atoms with Crippen molar-refractivity contribution in [2.75, 3.05) is 0 Å². The maximum absolute atomic E-state index is 8.11. The molecule has 0 rings (SSSR count). The lowest BCUT2D eigenvalue weighted by Gasteiger charge is -2.03.